The molecule has 1 saturated heterocycles. The molecule has 1 fully saturated rings. The average Bonchev–Trinajstić information content (AvgIpc) is 2.56. The molecule has 2 bridgehead atoms. The van der Waals surface area contributed by atoms with Crippen LogP contribution in [0.3, 0.4) is 0 Å². The lowest BCUT2D eigenvalue weighted by molar-refractivity contribution is -0.138. The van der Waals surface area contributed by atoms with Crippen LogP contribution < -0.4 is 5.73 Å². The first-order valence-electron chi connectivity index (χ1n) is 9.31. The second-order valence-corrected chi connectivity index (χ2v) is 8.27. The molecule has 138 valence electrons. The molecular formula is C20H31N3O2. The topological polar surface area (TPSA) is 69.8 Å². The van der Waals surface area contributed by atoms with E-state index in [1.807, 2.05) is 18.0 Å². The van der Waals surface area contributed by atoms with Gasteiger partial charge in [0.25, 0.3) is 0 Å². The molecule has 0 spiro atoms. The van der Waals surface area contributed by atoms with Gasteiger partial charge in [0, 0.05) is 26.1 Å². The minimum absolute atomic E-state index is 0.0692. The van der Waals surface area contributed by atoms with Gasteiger partial charge in [-0.2, -0.15) is 0 Å². The van der Waals surface area contributed by atoms with Crippen LogP contribution in [0.15, 0.2) is 18.2 Å². The summed E-state index contributed by atoms with van der Waals surface area (Å²) in [5, 5.41) is 9.98. The standard InChI is InChI=1S/C20H31N3O2/c1-13(2)5-8-18(25)23(4)19-17-11-14-6-7-15(24)12-16(14)20(19,21)9-10-22(17)3/h6-7,12-13,17,19,24H,5,8-11,21H2,1-4H3/t17-,19?,20+/m1/s1. The summed E-state index contributed by atoms with van der Waals surface area (Å²) in [5.74, 6) is 0.918. The van der Waals surface area contributed by atoms with Crippen LogP contribution in [0.1, 0.15) is 44.2 Å². The first-order chi connectivity index (χ1) is 11.7. The summed E-state index contributed by atoms with van der Waals surface area (Å²) in [6, 6.07) is 5.66. The maximum Gasteiger partial charge on any atom is 0.222 e. The number of aromatic hydroxyl groups is 1. The van der Waals surface area contributed by atoms with Crippen molar-refractivity contribution in [2.24, 2.45) is 11.7 Å². The van der Waals surface area contributed by atoms with Gasteiger partial charge in [-0.15, -0.1) is 0 Å². The van der Waals surface area contributed by atoms with Crippen molar-refractivity contribution >= 4 is 5.91 Å². The smallest absolute Gasteiger partial charge is 0.222 e. The second-order valence-electron chi connectivity index (χ2n) is 8.27. The van der Waals surface area contributed by atoms with Crippen molar-refractivity contribution in [3.63, 3.8) is 0 Å². The molecule has 1 aromatic carbocycles. The summed E-state index contributed by atoms with van der Waals surface area (Å²) in [4.78, 5) is 17.0. The number of likely N-dealkylation sites (tertiary alicyclic amines) is 1. The number of benzene rings is 1. The maximum absolute atomic E-state index is 12.8. The van der Waals surface area contributed by atoms with Crippen LogP contribution in [0.2, 0.25) is 0 Å². The monoisotopic (exact) mass is 345 g/mol. The fourth-order valence-corrected chi connectivity index (χ4v) is 4.57. The van der Waals surface area contributed by atoms with E-state index in [2.05, 4.69) is 25.8 Å². The SMILES string of the molecule is CC(C)CCC(=O)N(C)C1[C@H]2Cc3ccc(O)cc3[C@@]1(N)CCN2C. The molecule has 3 N–H and O–H groups in total. The van der Waals surface area contributed by atoms with Gasteiger partial charge in [-0.25, -0.2) is 0 Å². The van der Waals surface area contributed by atoms with E-state index in [0.29, 0.717) is 12.3 Å². The number of hydrogen-bond acceptors (Lipinski definition) is 4. The van der Waals surface area contributed by atoms with E-state index >= 15 is 0 Å². The molecule has 0 radical (unpaired) electrons. The zero-order valence-electron chi connectivity index (χ0n) is 15.8. The number of phenolic OH excluding ortho intramolecular Hbond substituents is 1. The Morgan fingerprint density at radius 1 is 1.48 bits per heavy atom. The Labute approximate surface area is 150 Å². The number of carbonyl (C=O) groups is 1. The highest BCUT2D eigenvalue weighted by molar-refractivity contribution is 5.76. The van der Waals surface area contributed by atoms with Crippen LogP contribution in [0.4, 0.5) is 0 Å². The van der Waals surface area contributed by atoms with Crippen molar-refractivity contribution in [1.29, 1.82) is 0 Å². The summed E-state index contributed by atoms with van der Waals surface area (Å²) in [6.45, 7) is 5.18. The number of nitrogens with two attached hydrogens (primary N) is 1. The van der Waals surface area contributed by atoms with Crippen LogP contribution >= 0.6 is 0 Å². The lowest BCUT2D eigenvalue weighted by Gasteiger charge is -2.56. The minimum atomic E-state index is -0.605. The number of fused-ring (bicyclic) bond motifs is 4. The zero-order chi connectivity index (χ0) is 18.4. The third-order valence-corrected chi connectivity index (χ3v) is 6.11. The van der Waals surface area contributed by atoms with E-state index in [0.717, 1.165) is 31.4 Å². The van der Waals surface area contributed by atoms with E-state index in [1.54, 1.807) is 12.1 Å². The summed E-state index contributed by atoms with van der Waals surface area (Å²) in [5.41, 5.74) is 8.54. The van der Waals surface area contributed by atoms with Gasteiger partial charge in [-0.05, 0) is 55.5 Å². The quantitative estimate of drug-likeness (QED) is 0.876. The fraction of sp³-hybridized carbons (Fsp3) is 0.650. The van der Waals surface area contributed by atoms with Crippen molar-refractivity contribution in [3.8, 4) is 5.75 Å². The first kappa shape index (κ1) is 18.2. The van der Waals surface area contributed by atoms with Crippen molar-refractivity contribution in [2.45, 2.75) is 57.2 Å². The number of piperidine rings is 1. The van der Waals surface area contributed by atoms with Crippen molar-refractivity contribution < 1.29 is 9.90 Å². The van der Waals surface area contributed by atoms with E-state index < -0.39 is 5.54 Å². The molecule has 25 heavy (non-hydrogen) atoms. The number of rotatable bonds is 4. The van der Waals surface area contributed by atoms with Gasteiger partial charge in [-0.3, -0.25) is 4.79 Å². The van der Waals surface area contributed by atoms with E-state index in [9.17, 15) is 9.90 Å². The molecule has 1 aliphatic carbocycles. The zero-order valence-corrected chi connectivity index (χ0v) is 15.8. The van der Waals surface area contributed by atoms with E-state index in [-0.39, 0.29) is 23.7 Å². The van der Waals surface area contributed by atoms with Gasteiger partial charge in [-0.1, -0.05) is 19.9 Å². The molecule has 5 nitrogen and oxygen atoms in total. The highest BCUT2D eigenvalue weighted by Crippen LogP contribution is 2.44. The molecule has 0 aromatic heterocycles. The predicted molar refractivity (Wildman–Crippen MR) is 99.3 cm³/mol. The lowest BCUT2D eigenvalue weighted by atomic mass is 9.66. The molecule has 2 aliphatic rings. The number of phenols is 1. The van der Waals surface area contributed by atoms with Crippen molar-refractivity contribution in [1.82, 2.24) is 9.80 Å². The van der Waals surface area contributed by atoms with Crippen LogP contribution in [0.25, 0.3) is 0 Å². The maximum atomic E-state index is 12.8. The normalized spacial score (nSPS) is 28.7. The first-order valence-corrected chi connectivity index (χ1v) is 9.31. The highest BCUT2D eigenvalue weighted by atomic mass is 16.3. The molecule has 3 atom stereocenters. The molecule has 1 heterocycles. The van der Waals surface area contributed by atoms with Gasteiger partial charge in [0.1, 0.15) is 5.75 Å². The Kier molecular flexibility index (Phi) is 4.82. The number of hydrogen-bond donors (Lipinski definition) is 2. The van der Waals surface area contributed by atoms with Crippen LogP contribution in [0.5, 0.6) is 5.75 Å². The van der Waals surface area contributed by atoms with Gasteiger partial charge in [0.2, 0.25) is 5.91 Å². The van der Waals surface area contributed by atoms with Crippen molar-refractivity contribution in [3.05, 3.63) is 29.3 Å². The Hall–Kier alpha value is -1.59. The summed E-state index contributed by atoms with van der Waals surface area (Å²) >= 11 is 0. The van der Waals surface area contributed by atoms with E-state index in [1.165, 1.54) is 5.56 Å². The molecule has 1 unspecified atom stereocenters. The summed E-state index contributed by atoms with van der Waals surface area (Å²) in [7, 11) is 4.02. The van der Waals surface area contributed by atoms with Gasteiger partial charge in [0.15, 0.2) is 0 Å². The molecule has 1 amide bonds. The lowest BCUT2D eigenvalue weighted by Crippen LogP contribution is -2.71. The molecule has 3 rings (SSSR count). The molecule has 1 aromatic rings. The number of nitrogens with zero attached hydrogens (tertiary/aromatic N) is 2. The van der Waals surface area contributed by atoms with Crippen LogP contribution in [-0.2, 0) is 16.8 Å². The fourth-order valence-electron chi connectivity index (χ4n) is 4.57. The second kappa shape index (κ2) is 6.61. The molecule has 0 saturated carbocycles. The Morgan fingerprint density at radius 2 is 2.20 bits per heavy atom. The van der Waals surface area contributed by atoms with Crippen LogP contribution in [0, 0.1) is 5.92 Å². The number of amides is 1. The van der Waals surface area contributed by atoms with Gasteiger partial charge < -0.3 is 20.6 Å². The predicted octanol–water partition coefficient (Wildman–Crippen LogP) is 2.07. The molecule has 5 heteroatoms. The van der Waals surface area contributed by atoms with E-state index in [4.69, 9.17) is 5.73 Å². The van der Waals surface area contributed by atoms with Crippen LogP contribution in [-0.4, -0.2) is 53.5 Å². The number of likely N-dealkylation sites (N-methyl/N-ethyl adjacent to an activating group) is 2. The summed E-state index contributed by atoms with van der Waals surface area (Å²) < 4.78 is 0. The summed E-state index contributed by atoms with van der Waals surface area (Å²) in [6.07, 6.45) is 3.09. The van der Waals surface area contributed by atoms with Gasteiger partial charge in [0.05, 0.1) is 11.6 Å². The molecule has 1 aliphatic heterocycles. The third-order valence-electron chi connectivity index (χ3n) is 6.11. The largest absolute Gasteiger partial charge is 0.508 e. The number of carbonyl (C=O) groups excluding carboxylic acids is 1. The van der Waals surface area contributed by atoms with Crippen molar-refractivity contribution in [2.75, 3.05) is 20.6 Å². The Balaban J connectivity index is 1.96. The van der Waals surface area contributed by atoms with Gasteiger partial charge >= 0.3 is 0 Å². The average molecular weight is 345 g/mol. The third kappa shape index (κ3) is 3.15. The Bertz CT molecular complexity index is 660. The highest BCUT2D eigenvalue weighted by Gasteiger charge is 2.53. The minimum Gasteiger partial charge on any atom is -0.508 e. The Morgan fingerprint density at radius 3 is 2.88 bits per heavy atom. The molecular weight excluding hydrogens is 314 g/mol.